The summed E-state index contributed by atoms with van der Waals surface area (Å²) in [5.74, 6) is 4.94. The van der Waals surface area contributed by atoms with Gasteiger partial charge in [0.25, 0.3) is 0 Å². The van der Waals surface area contributed by atoms with Crippen LogP contribution in [0, 0.1) is 0 Å². The summed E-state index contributed by atoms with van der Waals surface area (Å²) in [7, 11) is 1.47. The topological polar surface area (TPSA) is 68.8 Å². The first-order valence-corrected chi connectivity index (χ1v) is 3.72. The molecule has 1 atom stereocenters. The van der Waals surface area contributed by atoms with Crippen LogP contribution in [0.4, 0.5) is 8.78 Å². The van der Waals surface area contributed by atoms with Crippen LogP contribution >= 0.6 is 11.6 Å². The standard InChI is InChI=1S/C5H8ClF2N5/c1-13-3(2-10-12-13)4(11-9)5(6,7)8/h2,4,11H,9H2,1H3. The van der Waals surface area contributed by atoms with Crippen LogP contribution in [0.15, 0.2) is 6.20 Å². The van der Waals surface area contributed by atoms with Gasteiger partial charge in [0, 0.05) is 7.05 Å². The Bertz CT molecular complexity index is 283. The molecule has 5 nitrogen and oxygen atoms in total. The molecule has 0 aromatic carbocycles. The number of hydrogen-bond donors (Lipinski definition) is 2. The highest BCUT2D eigenvalue weighted by Crippen LogP contribution is 2.33. The molecule has 0 bridgehead atoms. The van der Waals surface area contributed by atoms with E-state index in [2.05, 4.69) is 10.3 Å². The van der Waals surface area contributed by atoms with Gasteiger partial charge in [-0.15, -0.1) is 5.10 Å². The quantitative estimate of drug-likeness (QED) is 0.424. The molecule has 0 spiro atoms. The third kappa shape index (κ3) is 2.11. The SMILES string of the molecule is Cn1nncc1C(NN)C(F)(F)Cl. The molecule has 0 fully saturated rings. The Morgan fingerprint density at radius 3 is 2.69 bits per heavy atom. The van der Waals surface area contributed by atoms with E-state index in [9.17, 15) is 8.78 Å². The van der Waals surface area contributed by atoms with Crippen molar-refractivity contribution in [3.8, 4) is 0 Å². The smallest absolute Gasteiger partial charge is 0.271 e. The summed E-state index contributed by atoms with van der Waals surface area (Å²) in [6.07, 6.45) is 1.17. The van der Waals surface area contributed by atoms with E-state index < -0.39 is 11.4 Å². The Morgan fingerprint density at radius 1 is 1.77 bits per heavy atom. The van der Waals surface area contributed by atoms with Crippen molar-refractivity contribution in [1.29, 1.82) is 0 Å². The first-order chi connectivity index (χ1) is 5.96. The van der Waals surface area contributed by atoms with Crippen molar-refractivity contribution in [2.75, 3.05) is 0 Å². The normalized spacial score (nSPS) is 14.5. The minimum atomic E-state index is -3.48. The largest absolute Gasteiger partial charge is 0.343 e. The Hall–Kier alpha value is -0.790. The van der Waals surface area contributed by atoms with E-state index in [0.29, 0.717) is 0 Å². The third-order valence-electron chi connectivity index (χ3n) is 1.54. The van der Waals surface area contributed by atoms with Crippen molar-refractivity contribution < 1.29 is 8.78 Å². The van der Waals surface area contributed by atoms with Crippen LogP contribution in [0.2, 0.25) is 0 Å². The van der Waals surface area contributed by atoms with E-state index in [1.54, 1.807) is 0 Å². The zero-order valence-corrected chi connectivity index (χ0v) is 7.46. The van der Waals surface area contributed by atoms with Gasteiger partial charge in [-0.3, -0.25) is 10.5 Å². The molecule has 1 unspecified atom stereocenters. The van der Waals surface area contributed by atoms with Gasteiger partial charge in [0.05, 0.1) is 11.9 Å². The Labute approximate surface area is 77.8 Å². The van der Waals surface area contributed by atoms with Gasteiger partial charge in [0.15, 0.2) is 0 Å². The van der Waals surface area contributed by atoms with E-state index >= 15 is 0 Å². The maximum Gasteiger partial charge on any atom is 0.343 e. The highest BCUT2D eigenvalue weighted by molar-refractivity contribution is 6.22. The molecule has 0 saturated heterocycles. The molecule has 13 heavy (non-hydrogen) atoms. The number of alkyl halides is 3. The van der Waals surface area contributed by atoms with Crippen molar-refractivity contribution in [2.45, 2.75) is 11.4 Å². The van der Waals surface area contributed by atoms with E-state index in [-0.39, 0.29) is 5.69 Å². The third-order valence-corrected chi connectivity index (χ3v) is 1.76. The highest BCUT2D eigenvalue weighted by Gasteiger charge is 2.39. The summed E-state index contributed by atoms with van der Waals surface area (Å²) < 4.78 is 26.5. The second-order valence-corrected chi connectivity index (χ2v) is 2.93. The number of rotatable bonds is 3. The number of nitrogens with one attached hydrogen (secondary N) is 1. The monoisotopic (exact) mass is 211 g/mol. The molecule has 0 aliphatic carbocycles. The molecular formula is C5H8ClF2N5. The van der Waals surface area contributed by atoms with Crippen LogP contribution in [-0.2, 0) is 7.05 Å². The lowest BCUT2D eigenvalue weighted by atomic mass is 10.2. The molecule has 3 N–H and O–H groups in total. The van der Waals surface area contributed by atoms with Gasteiger partial charge in [-0.05, 0) is 11.6 Å². The number of aryl methyl sites for hydroxylation is 1. The van der Waals surface area contributed by atoms with E-state index in [1.165, 1.54) is 17.9 Å². The molecule has 74 valence electrons. The predicted molar refractivity (Wildman–Crippen MR) is 41.9 cm³/mol. The van der Waals surface area contributed by atoms with Crippen molar-refractivity contribution in [2.24, 2.45) is 12.9 Å². The van der Waals surface area contributed by atoms with Crippen molar-refractivity contribution in [3.05, 3.63) is 11.9 Å². The molecule has 0 amide bonds. The first kappa shape index (κ1) is 10.3. The van der Waals surface area contributed by atoms with Gasteiger partial charge >= 0.3 is 5.38 Å². The molecule has 0 saturated carbocycles. The molecular weight excluding hydrogens is 204 g/mol. The fraction of sp³-hybridized carbons (Fsp3) is 0.600. The maximum absolute atomic E-state index is 12.7. The lowest BCUT2D eigenvalue weighted by molar-refractivity contribution is 0.0465. The molecule has 1 aromatic rings. The minimum Gasteiger partial charge on any atom is -0.271 e. The summed E-state index contributed by atoms with van der Waals surface area (Å²) >= 11 is 4.82. The number of halogens is 3. The second kappa shape index (κ2) is 3.52. The summed E-state index contributed by atoms with van der Waals surface area (Å²) in [5.41, 5.74) is 2.02. The average Bonchev–Trinajstić information content (AvgIpc) is 2.35. The Balaban J connectivity index is 2.98. The fourth-order valence-corrected chi connectivity index (χ4v) is 1.08. The van der Waals surface area contributed by atoms with Crippen LogP contribution in [0.5, 0.6) is 0 Å². The summed E-state index contributed by atoms with van der Waals surface area (Å²) in [5, 5.41) is 3.43. The van der Waals surface area contributed by atoms with Gasteiger partial charge in [-0.25, -0.2) is 5.43 Å². The Kier molecular flexibility index (Phi) is 2.79. The van der Waals surface area contributed by atoms with Crippen molar-refractivity contribution >= 4 is 11.6 Å². The molecule has 1 rings (SSSR count). The van der Waals surface area contributed by atoms with Crippen LogP contribution in [0.25, 0.3) is 0 Å². The van der Waals surface area contributed by atoms with Gasteiger partial charge in [0.2, 0.25) is 0 Å². The summed E-state index contributed by atoms with van der Waals surface area (Å²) in [6, 6.07) is -1.51. The number of nitrogens with two attached hydrogens (primary N) is 1. The number of hydrogen-bond acceptors (Lipinski definition) is 4. The molecule has 8 heteroatoms. The van der Waals surface area contributed by atoms with Crippen molar-refractivity contribution in [1.82, 2.24) is 20.4 Å². The van der Waals surface area contributed by atoms with Crippen LogP contribution in [0.1, 0.15) is 11.7 Å². The van der Waals surface area contributed by atoms with Gasteiger partial charge in [-0.1, -0.05) is 5.21 Å². The number of nitrogens with zero attached hydrogens (tertiary/aromatic N) is 3. The summed E-state index contributed by atoms with van der Waals surface area (Å²) in [6.45, 7) is 0. The lowest BCUT2D eigenvalue weighted by Crippen LogP contribution is -2.39. The van der Waals surface area contributed by atoms with Crippen molar-refractivity contribution in [3.63, 3.8) is 0 Å². The van der Waals surface area contributed by atoms with Crippen LogP contribution in [-0.4, -0.2) is 20.4 Å². The van der Waals surface area contributed by atoms with E-state index in [0.717, 1.165) is 0 Å². The van der Waals surface area contributed by atoms with Gasteiger partial charge in [0.1, 0.15) is 6.04 Å². The highest BCUT2D eigenvalue weighted by atomic mass is 35.5. The average molecular weight is 212 g/mol. The number of hydrazine groups is 1. The first-order valence-electron chi connectivity index (χ1n) is 3.34. The zero-order valence-electron chi connectivity index (χ0n) is 6.71. The lowest BCUT2D eigenvalue weighted by Gasteiger charge is -2.19. The fourth-order valence-electron chi connectivity index (χ4n) is 0.907. The van der Waals surface area contributed by atoms with E-state index in [1.807, 2.05) is 5.43 Å². The number of aromatic nitrogens is 3. The van der Waals surface area contributed by atoms with Crippen LogP contribution in [0.3, 0.4) is 0 Å². The van der Waals surface area contributed by atoms with E-state index in [4.69, 9.17) is 17.4 Å². The molecule has 0 aliphatic heterocycles. The minimum absolute atomic E-state index is 0.113. The van der Waals surface area contributed by atoms with Crippen LogP contribution < -0.4 is 11.3 Å². The molecule has 1 aromatic heterocycles. The second-order valence-electron chi connectivity index (χ2n) is 2.42. The predicted octanol–water partition coefficient (Wildman–Crippen LogP) is 0.151. The molecule has 1 heterocycles. The molecule has 0 aliphatic rings. The Morgan fingerprint density at radius 2 is 2.38 bits per heavy atom. The zero-order chi connectivity index (χ0) is 10.1. The van der Waals surface area contributed by atoms with Gasteiger partial charge < -0.3 is 0 Å². The molecule has 0 radical (unpaired) electrons. The van der Waals surface area contributed by atoms with Gasteiger partial charge in [-0.2, -0.15) is 8.78 Å². The summed E-state index contributed by atoms with van der Waals surface area (Å²) in [4.78, 5) is 0. The maximum atomic E-state index is 12.7.